The van der Waals surface area contributed by atoms with Crippen molar-refractivity contribution in [3.05, 3.63) is 58.3 Å². The van der Waals surface area contributed by atoms with Crippen molar-refractivity contribution in [3.63, 3.8) is 0 Å². The van der Waals surface area contributed by atoms with Crippen LogP contribution in [0.5, 0.6) is 0 Å². The Balaban J connectivity index is 2.38. The molecule has 0 fully saturated rings. The second kappa shape index (κ2) is 6.27. The van der Waals surface area contributed by atoms with E-state index in [2.05, 4.69) is 0 Å². The van der Waals surface area contributed by atoms with E-state index in [1.165, 1.54) is 11.3 Å². The van der Waals surface area contributed by atoms with Crippen LogP contribution in [0.25, 0.3) is 0 Å². The van der Waals surface area contributed by atoms with Crippen molar-refractivity contribution in [2.75, 3.05) is 0 Å². The molecular weight excluding hydrogens is 295 g/mol. The second-order valence-electron chi connectivity index (χ2n) is 4.38. The minimum atomic E-state index is -2.89. The molecule has 0 aliphatic carbocycles. The summed E-state index contributed by atoms with van der Waals surface area (Å²) in [6.07, 6.45) is 0.555. The second-order valence-corrected chi connectivity index (χ2v) is 6.73. The van der Waals surface area contributed by atoms with Gasteiger partial charge in [0.15, 0.2) is 0 Å². The van der Waals surface area contributed by atoms with E-state index in [1.54, 1.807) is 30.3 Å². The quantitative estimate of drug-likeness (QED) is 0.802. The molecule has 0 spiro atoms. The number of aryl methyl sites for hydroxylation is 1. The van der Waals surface area contributed by atoms with E-state index < -0.39 is 19.2 Å². The summed E-state index contributed by atoms with van der Waals surface area (Å²) in [5.74, 6) is -1.26. The van der Waals surface area contributed by atoms with Gasteiger partial charge in [0.05, 0.1) is 0 Å². The summed E-state index contributed by atoms with van der Waals surface area (Å²) in [5, 5.41) is 9.69. The number of hydrogen-bond donors (Lipinski definition) is 2. The predicted octanol–water partition coefficient (Wildman–Crippen LogP) is 3.40. The van der Waals surface area contributed by atoms with Gasteiger partial charge in [0.2, 0.25) is 0 Å². The molecule has 0 amide bonds. The molecule has 0 radical (unpaired) electrons. The Morgan fingerprint density at radius 2 is 1.90 bits per heavy atom. The molecule has 1 aromatic heterocycles. The summed E-state index contributed by atoms with van der Waals surface area (Å²) in [5.41, 5.74) is 0.368. The molecule has 0 saturated heterocycles. The minimum Gasteiger partial charge on any atom is -0.477 e. The molecular formula is C14H14O4PS+. The zero-order valence-corrected chi connectivity index (χ0v) is 12.3. The fraction of sp³-hybridized carbons (Fsp3) is 0.214. The van der Waals surface area contributed by atoms with Crippen LogP contribution >= 0.6 is 19.4 Å². The third-order valence-corrected chi connectivity index (χ3v) is 5.51. The van der Waals surface area contributed by atoms with Crippen molar-refractivity contribution < 1.29 is 19.4 Å². The van der Waals surface area contributed by atoms with Gasteiger partial charge in [-0.2, -0.15) is 4.89 Å². The first-order chi connectivity index (χ1) is 9.57. The summed E-state index contributed by atoms with van der Waals surface area (Å²) >= 11 is 1.51. The number of aliphatic carboxylic acids is 1. The predicted molar refractivity (Wildman–Crippen MR) is 78.2 cm³/mol. The molecule has 104 valence electrons. The highest BCUT2D eigenvalue weighted by molar-refractivity contribution is 7.41. The smallest absolute Gasteiger partial charge is 0.477 e. The van der Waals surface area contributed by atoms with Gasteiger partial charge in [0.1, 0.15) is 0 Å². The standard InChI is InChI=1S/C14H13O4PS/c15-13(16)14(19(17)18,11-5-2-1-3-6-11)9-8-12-7-4-10-20-12/h1-7,10H,8-9H2,(H-,15,16,17,18)/p+1. The lowest BCUT2D eigenvalue weighted by atomic mass is 9.93. The van der Waals surface area contributed by atoms with Crippen molar-refractivity contribution in [2.24, 2.45) is 0 Å². The van der Waals surface area contributed by atoms with Gasteiger partial charge in [-0.15, -0.1) is 11.3 Å². The van der Waals surface area contributed by atoms with Crippen molar-refractivity contribution in [1.29, 1.82) is 0 Å². The largest absolute Gasteiger partial charge is 0.528 e. The molecule has 0 aliphatic heterocycles. The zero-order chi connectivity index (χ0) is 14.6. The maximum atomic E-state index is 11.8. The SMILES string of the molecule is O=C(O)C(CCc1cccs1)(c1ccccc1)[P+](=O)O. The van der Waals surface area contributed by atoms with Crippen molar-refractivity contribution in [3.8, 4) is 0 Å². The summed E-state index contributed by atoms with van der Waals surface area (Å²) in [6.45, 7) is 0. The van der Waals surface area contributed by atoms with Crippen molar-refractivity contribution in [2.45, 2.75) is 18.0 Å². The molecule has 0 aliphatic rings. The molecule has 1 heterocycles. The van der Waals surface area contributed by atoms with Gasteiger partial charge >= 0.3 is 19.2 Å². The van der Waals surface area contributed by atoms with Crippen molar-refractivity contribution >= 4 is 25.3 Å². The zero-order valence-electron chi connectivity index (χ0n) is 10.6. The first-order valence-corrected chi connectivity index (χ1v) is 8.14. The molecule has 20 heavy (non-hydrogen) atoms. The van der Waals surface area contributed by atoms with Gasteiger partial charge in [-0.25, -0.2) is 4.79 Å². The number of thiophene rings is 1. The van der Waals surface area contributed by atoms with Crippen molar-refractivity contribution in [1.82, 2.24) is 0 Å². The van der Waals surface area contributed by atoms with E-state index in [4.69, 9.17) is 0 Å². The fourth-order valence-corrected chi connectivity index (χ4v) is 3.68. The summed E-state index contributed by atoms with van der Waals surface area (Å²) < 4.78 is 11.8. The third kappa shape index (κ3) is 2.80. The number of carboxylic acid groups (broad SMARTS) is 1. The Kier molecular flexibility index (Phi) is 4.65. The van der Waals surface area contributed by atoms with Gasteiger partial charge in [-0.3, -0.25) is 0 Å². The van der Waals surface area contributed by atoms with Crippen LogP contribution in [0, 0.1) is 0 Å². The molecule has 6 heteroatoms. The van der Waals surface area contributed by atoms with Crippen LogP contribution in [0.3, 0.4) is 0 Å². The Morgan fingerprint density at radius 1 is 1.20 bits per heavy atom. The van der Waals surface area contributed by atoms with E-state index >= 15 is 0 Å². The van der Waals surface area contributed by atoms with Crippen LogP contribution in [-0.2, 0) is 20.9 Å². The average Bonchev–Trinajstić information content (AvgIpc) is 2.93. The van der Waals surface area contributed by atoms with Gasteiger partial charge < -0.3 is 5.11 Å². The van der Waals surface area contributed by atoms with E-state index in [0.717, 1.165) is 4.88 Å². The molecule has 2 unspecified atom stereocenters. The van der Waals surface area contributed by atoms with Gasteiger partial charge in [0, 0.05) is 16.9 Å². The highest BCUT2D eigenvalue weighted by Gasteiger charge is 2.58. The molecule has 0 bridgehead atoms. The number of hydrogen-bond acceptors (Lipinski definition) is 3. The number of rotatable bonds is 6. The van der Waals surface area contributed by atoms with Crippen LogP contribution in [0.15, 0.2) is 47.8 Å². The molecule has 2 aromatic rings. The monoisotopic (exact) mass is 309 g/mol. The topological polar surface area (TPSA) is 74.6 Å². The van der Waals surface area contributed by atoms with Crippen LogP contribution in [0.4, 0.5) is 0 Å². The lowest BCUT2D eigenvalue weighted by molar-refractivity contribution is -0.140. The third-order valence-electron chi connectivity index (χ3n) is 3.25. The average molecular weight is 309 g/mol. The van der Waals surface area contributed by atoms with E-state index in [-0.39, 0.29) is 6.42 Å². The summed E-state index contributed by atoms with van der Waals surface area (Å²) in [4.78, 5) is 22.3. The lowest BCUT2D eigenvalue weighted by Gasteiger charge is -2.17. The molecule has 2 atom stereocenters. The van der Waals surface area contributed by atoms with Crippen LogP contribution < -0.4 is 0 Å². The molecule has 4 nitrogen and oxygen atoms in total. The Labute approximate surface area is 121 Å². The molecule has 2 N–H and O–H groups in total. The summed E-state index contributed by atoms with van der Waals surface area (Å²) in [7, 11) is -2.89. The Bertz CT molecular complexity index is 581. The van der Waals surface area contributed by atoms with Gasteiger partial charge in [-0.1, -0.05) is 36.4 Å². The molecule has 2 rings (SSSR count). The lowest BCUT2D eigenvalue weighted by Crippen LogP contribution is -2.32. The number of benzene rings is 1. The van der Waals surface area contributed by atoms with Gasteiger partial charge in [-0.05, 0) is 22.4 Å². The highest BCUT2D eigenvalue weighted by Crippen LogP contribution is 2.48. The number of carboxylic acids is 1. The summed E-state index contributed by atoms with van der Waals surface area (Å²) in [6, 6.07) is 12.1. The first-order valence-electron chi connectivity index (χ1n) is 6.05. The van der Waals surface area contributed by atoms with E-state index in [9.17, 15) is 19.4 Å². The van der Waals surface area contributed by atoms with E-state index in [0.29, 0.717) is 12.0 Å². The number of carbonyl (C=O) groups is 1. The van der Waals surface area contributed by atoms with Gasteiger partial charge in [0.25, 0.3) is 0 Å². The first kappa shape index (κ1) is 14.9. The van der Waals surface area contributed by atoms with E-state index in [1.807, 2.05) is 17.5 Å². The van der Waals surface area contributed by atoms with Crippen LogP contribution in [0.1, 0.15) is 16.9 Å². The highest BCUT2D eigenvalue weighted by atomic mass is 32.1. The molecule has 0 saturated carbocycles. The Morgan fingerprint density at radius 3 is 2.40 bits per heavy atom. The normalized spacial score (nSPS) is 14.6. The van der Waals surface area contributed by atoms with Crippen LogP contribution in [-0.4, -0.2) is 16.0 Å². The maximum Gasteiger partial charge on any atom is 0.528 e. The van der Waals surface area contributed by atoms with Crippen LogP contribution in [0.2, 0.25) is 0 Å². The fourth-order valence-electron chi connectivity index (χ4n) is 2.14. The minimum absolute atomic E-state index is 0.0958. The Hall–Kier alpha value is -1.55. The molecule has 1 aromatic carbocycles. The maximum absolute atomic E-state index is 11.8.